The molecule has 114 valence electrons. The Bertz CT molecular complexity index is 653. The fourth-order valence-electron chi connectivity index (χ4n) is 1.96. The number of rotatable bonds is 4. The minimum absolute atomic E-state index is 0.143. The van der Waals surface area contributed by atoms with Crippen LogP contribution in [0.5, 0.6) is 0 Å². The van der Waals surface area contributed by atoms with E-state index in [-0.39, 0.29) is 11.4 Å². The molecule has 2 amide bonds. The zero-order chi connectivity index (χ0) is 15.6. The summed E-state index contributed by atoms with van der Waals surface area (Å²) in [5.41, 5.74) is 1.41. The second-order valence-corrected chi connectivity index (χ2v) is 5.95. The first-order valence-corrected chi connectivity index (χ1v) is 7.32. The van der Waals surface area contributed by atoms with Gasteiger partial charge in [-0.2, -0.15) is 0 Å². The fourth-order valence-corrected chi connectivity index (χ4v) is 2.28. The van der Waals surface area contributed by atoms with Gasteiger partial charge in [0.25, 0.3) is 0 Å². The molecule has 1 unspecified atom stereocenters. The molecule has 0 aliphatic rings. The monoisotopic (exact) mass is 329 g/mol. The van der Waals surface area contributed by atoms with Crippen LogP contribution in [0.3, 0.4) is 0 Å². The van der Waals surface area contributed by atoms with Crippen LogP contribution < -0.4 is 5.32 Å². The van der Waals surface area contributed by atoms with Gasteiger partial charge < -0.3 is 14.8 Å². The molecule has 0 saturated carbocycles. The smallest absolute Gasteiger partial charge is 0.316 e. The Morgan fingerprint density at radius 3 is 2.86 bits per heavy atom. The van der Waals surface area contributed by atoms with Gasteiger partial charge in [-0.3, -0.25) is 0 Å². The van der Waals surface area contributed by atoms with E-state index in [9.17, 15) is 4.79 Å². The van der Waals surface area contributed by atoms with Crippen molar-refractivity contribution in [3.63, 3.8) is 0 Å². The average Bonchev–Trinajstić information content (AvgIpc) is 2.76. The molecule has 0 aliphatic carbocycles. The number of alkyl halides is 1. The molecular weight excluding hydrogens is 313 g/mol. The van der Waals surface area contributed by atoms with Crippen molar-refractivity contribution in [1.29, 1.82) is 0 Å². The standard InChI is InChI=1S/C13H17Cl2N5O/c1-8(14)11-18-10-6-9(15)7-17-12(10)20(11)5-4-16-13(21)19(2)3/h6-8H,4-5H2,1-3H3,(H,16,21). The molecule has 1 N–H and O–H groups in total. The molecule has 0 radical (unpaired) electrons. The van der Waals surface area contributed by atoms with Crippen LogP contribution in [0, 0.1) is 0 Å². The summed E-state index contributed by atoms with van der Waals surface area (Å²) in [6.45, 7) is 2.85. The zero-order valence-corrected chi connectivity index (χ0v) is 13.6. The van der Waals surface area contributed by atoms with Crippen molar-refractivity contribution in [1.82, 2.24) is 24.8 Å². The first-order valence-electron chi connectivity index (χ1n) is 6.51. The number of hydrogen-bond donors (Lipinski definition) is 1. The maximum Gasteiger partial charge on any atom is 0.316 e. The lowest BCUT2D eigenvalue weighted by Crippen LogP contribution is -2.36. The zero-order valence-electron chi connectivity index (χ0n) is 12.1. The number of nitrogens with one attached hydrogen (secondary N) is 1. The van der Waals surface area contributed by atoms with Crippen LogP contribution in [0.15, 0.2) is 12.3 Å². The Balaban J connectivity index is 2.24. The Morgan fingerprint density at radius 2 is 2.24 bits per heavy atom. The summed E-state index contributed by atoms with van der Waals surface area (Å²) < 4.78 is 1.90. The quantitative estimate of drug-likeness (QED) is 0.877. The van der Waals surface area contributed by atoms with Crippen LogP contribution in [-0.4, -0.2) is 46.1 Å². The van der Waals surface area contributed by atoms with Crippen molar-refractivity contribution in [2.45, 2.75) is 18.8 Å². The number of halogens is 2. The van der Waals surface area contributed by atoms with Gasteiger partial charge in [0, 0.05) is 33.4 Å². The second-order valence-electron chi connectivity index (χ2n) is 4.86. The molecule has 2 aromatic rings. The summed E-state index contributed by atoms with van der Waals surface area (Å²) in [6.07, 6.45) is 1.57. The largest absolute Gasteiger partial charge is 0.336 e. The van der Waals surface area contributed by atoms with Gasteiger partial charge in [0.05, 0.1) is 10.4 Å². The maximum absolute atomic E-state index is 11.5. The minimum atomic E-state index is -0.262. The van der Waals surface area contributed by atoms with E-state index >= 15 is 0 Å². The van der Waals surface area contributed by atoms with E-state index in [1.807, 2.05) is 11.5 Å². The number of fused-ring (bicyclic) bond motifs is 1. The molecule has 6 nitrogen and oxygen atoms in total. The molecular formula is C13H17Cl2N5O. The molecule has 0 saturated heterocycles. The van der Waals surface area contributed by atoms with E-state index in [0.717, 1.165) is 0 Å². The highest BCUT2D eigenvalue weighted by molar-refractivity contribution is 6.31. The van der Waals surface area contributed by atoms with Crippen molar-refractivity contribution < 1.29 is 4.79 Å². The van der Waals surface area contributed by atoms with Crippen molar-refractivity contribution in [2.24, 2.45) is 0 Å². The second kappa shape index (κ2) is 6.49. The van der Waals surface area contributed by atoms with Gasteiger partial charge in [-0.05, 0) is 13.0 Å². The van der Waals surface area contributed by atoms with E-state index in [1.165, 1.54) is 4.90 Å². The lowest BCUT2D eigenvalue weighted by Gasteiger charge is -2.14. The topological polar surface area (TPSA) is 63.1 Å². The van der Waals surface area contributed by atoms with Crippen molar-refractivity contribution in [2.75, 3.05) is 20.6 Å². The number of hydrogen-bond acceptors (Lipinski definition) is 3. The van der Waals surface area contributed by atoms with Gasteiger partial charge in [-0.25, -0.2) is 14.8 Å². The maximum atomic E-state index is 11.5. The van der Waals surface area contributed by atoms with Crippen LogP contribution in [0.4, 0.5) is 4.79 Å². The van der Waals surface area contributed by atoms with Gasteiger partial charge in [-0.1, -0.05) is 11.6 Å². The van der Waals surface area contributed by atoms with E-state index < -0.39 is 0 Å². The number of pyridine rings is 1. The van der Waals surface area contributed by atoms with Crippen LogP contribution in [0.1, 0.15) is 18.1 Å². The highest BCUT2D eigenvalue weighted by Crippen LogP contribution is 2.24. The molecule has 2 heterocycles. The molecule has 0 aliphatic heterocycles. The summed E-state index contributed by atoms with van der Waals surface area (Å²) in [6, 6.07) is 1.61. The van der Waals surface area contributed by atoms with Gasteiger partial charge in [-0.15, -0.1) is 11.6 Å². The van der Waals surface area contributed by atoms with Gasteiger partial charge >= 0.3 is 6.03 Å². The lowest BCUT2D eigenvalue weighted by atomic mass is 10.4. The van der Waals surface area contributed by atoms with Gasteiger partial charge in [0.15, 0.2) is 5.65 Å². The third kappa shape index (κ3) is 3.57. The number of amides is 2. The first-order chi connectivity index (χ1) is 9.90. The summed E-state index contributed by atoms with van der Waals surface area (Å²) >= 11 is 12.1. The Kier molecular flexibility index (Phi) is 4.90. The van der Waals surface area contributed by atoms with Crippen molar-refractivity contribution in [3.8, 4) is 0 Å². The molecule has 0 aromatic carbocycles. The Morgan fingerprint density at radius 1 is 1.52 bits per heavy atom. The number of aromatic nitrogens is 3. The van der Waals surface area contributed by atoms with Crippen LogP contribution in [0.2, 0.25) is 5.02 Å². The predicted octanol–water partition coefficient (Wildman–Crippen LogP) is 2.66. The van der Waals surface area contributed by atoms with Gasteiger partial charge in [0.1, 0.15) is 11.3 Å². The third-order valence-corrected chi connectivity index (χ3v) is 3.36. The number of imidazole rings is 1. The van der Waals surface area contributed by atoms with Crippen molar-refractivity contribution in [3.05, 3.63) is 23.1 Å². The summed E-state index contributed by atoms with van der Waals surface area (Å²) in [5, 5.41) is 3.07. The normalized spacial score (nSPS) is 12.4. The lowest BCUT2D eigenvalue weighted by molar-refractivity contribution is 0.217. The molecule has 2 rings (SSSR count). The Hall–Kier alpha value is -1.53. The fraction of sp³-hybridized carbons (Fsp3) is 0.462. The van der Waals surface area contributed by atoms with E-state index in [2.05, 4.69) is 15.3 Å². The van der Waals surface area contributed by atoms with E-state index in [0.29, 0.717) is 35.1 Å². The van der Waals surface area contributed by atoms with Crippen LogP contribution in [0.25, 0.3) is 11.2 Å². The number of carbonyl (C=O) groups is 1. The third-order valence-electron chi connectivity index (χ3n) is 2.95. The molecule has 0 bridgehead atoms. The molecule has 1 atom stereocenters. The average molecular weight is 330 g/mol. The number of urea groups is 1. The summed E-state index contributed by atoms with van der Waals surface area (Å²) in [7, 11) is 3.38. The highest BCUT2D eigenvalue weighted by Gasteiger charge is 2.16. The van der Waals surface area contributed by atoms with E-state index in [4.69, 9.17) is 23.2 Å². The molecule has 2 aromatic heterocycles. The molecule has 0 spiro atoms. The highest BCUT2D eigenvalue weighted by atomic mass is 35.5. The number of nitrogens with zero attached hydrogens (tertiary/aromatic N) is 4. The molecule has 8 heteroatoms. The number of carbonyl (C=O) groups excluding carboxylic acids is 1. The SMILES string of the molecule is CC(Cl)c1nc2cc(Cl)cnc2n1CCNC(=O)N(C)C. The summed E-state index contributed by atoms with van der Waals surface area (Å²) in [5.74, 6) is 0.709. The van der Waals surface area contributed by atoms with Crippen molar-refractivity contribution >= 4 is 40.4 Å². The van der Waals surface area contributed by atoms with Crippen LogP contribution >= 0.6 is 23.2 Å². The minimum Gasteiger partial charge on any atom is -0.336 e. The van der Waals surface area contributed by atoms with E-state index in [1.54, 1.807) is 26.4 Å². The molecule has 21 heavy (non-hydrogen) atoms. The molecule has 0 fully saturated rings. The Labute approximate surface area is 133 Å². The van der Waals surface area contributed by atoms with Crippen LogP contribution in [-0.2, 0) is 6.54 Å². The predicted molar refractivity (Wildman–Crippen MR) is 83.9 cm³/mol. The summed E-state index contributed by atoms with van der Waals surface area (Å²) in [4.78, 5) is 21.8. The van der Waals surface area contributed by atoms with Gasteiger partial charge in [0.2, 0.25) is 0 Å². The first kappa shape index (κ1) is 15.9.